The van der Waals surface area contributed by atoms with E-state index in [1.165, 1.54) is 12.0 Å². The lowest BCUT2D eigenvalue weighted by Crippen LogP contribution is -2.31. The molecule has 1 aromatic rings. The zero-order chi connectivity index (χ0) is 13.8. The number of aliphatic hydroxyl groups excluding tert-OH is 1. The molecule has 3 N–H and O–H groups in total. The van der Waals surface area contributed by atoms with Gasteiger partial charge in [0, 0.05) is 11.6 Å². The van der Waals surface area contributed by atoms with Crippen molar-refractivity contribution in [2.24, 2.45) is 5.73 Å². The van der Waals surface area contributed by atoms with Crippen molar-refractivity contribution < 1.29 is 9.84 Å². The van der Waals surface area contributed by atoms with Gasteiger partial charge >= 0.3 is 0 Å². The van der Waals surface area contributed by atoms with Crippen LogP contribution in [-0.2, 0) is 0 Å². The molecule has 0 bridgehead atoms. The highest BCUT2D eigenvalue weighted by atomic mass is 16.5. The van der Waals surface area contributed by atoms with Crippen molar-refractivity contribution >= 4 is 0 Å². The van der Waals surface area contributed by atoms with Crippen LogP contribution in [0.3, 0.4) is 0 Å². The van der Waals surface area contributed by atoms with Crippen LogP contribution in [0, 0.1) is 6.92 Å². The first-order valence-corrected chi connectivity index (χ1v) is 7.29. The summed E-state index contributed by atoms with van der Waals surface area (Å²) >= 11 is 0. The third kappa shape index (κ3) is 3.71. The Hall–Kier alpha value is -1.06. The van der Waals surface area contributed by atoms with Gasteiger partial charge in [-0.15, -0.1) is 0 Å². The molecule has 0 radical (unpaired) electrons. The minimum absolute atomic E-state index is 0.0576. The molecule has 1 fully saturated rings. The van der Waals surface area contributed by atoms with E-state index >= 15 is 0 Å². The number of benzene rings is 1. The summed E-state index contributed by atoms with van der Waals surface area (Å²) < 4.78 is 6.06. The van der Waals surface area contributed by atoms with Crippen molar-refractivity contribution in [1.82, 2.24) is 0 Å². The van der Waals surface area contributed by atoms with Crippen LogP contribution >= 0.6 is 0 Å². The zero-order valence-electron chi connectivity index (χ0n) is 11.9. The molecular formula is C16H25NO2. The van der Waals surface area contributed by atoms with E-state index in [1.54, 1.807) is 0 Å². The highest BCUT2D eigenvalue weighted by molar-refractivity contribution is 5.39. The predicted molar refractivity (Wildman–Crippen MR) is 77.3 cm³/mol. The molecular weight excluding hydrogens is 238 g/mol. The van der Waals surface area contributed by atoms with Crippen molar-refractivity contribution in [3.63, 3.8) is 0 Å². The number of ether oxygens (including phenoxy) is 1. The van der Waals surface area contributed by atoms with E-state index in [-0.39, 0.29) is 18.2 Å². The molecule has 19 heavy (non-hydrogen) atoms. The van der Waals surface area contributed by atoms with Crippen molar-refractivity contribution in [2.75, 3.05) is 0 Å². The van der Waals surface area contributed by atoms with Gasteiger partial charge in [-0.2, -0.15) is 0 Å². The van der Waals surface area contributed by atoms with Gasteiger partial charge in [0.15, 0.2) is 0 Å². The summed E-state index contributed by atoms with van der Waals surface area (Å²) in [5.41, 5.74) is 8.22. The Bertz CT molecular complexity index is 417. The SMILES string of the molecule is Cc1ccc(OC2CCCCCC2O)c([C@@H](C)N)c1. The van der Waals surface area contributed by atoms with Crippen molar-refractivity contribution in [1.29, 1.82) is 0 Å². The van der Waals surface area contributed by atoms with Crippen LogP contribution in [0.5, 0.6) is 5.75 Å². The summed E-state index contributed by atoms with van der Waals surface area (Å²) in [7, 11) is 0. The number of hydrogen-bond acceptors (Lipinski definition) is 3. The molecule has 1 aromatic carbocycles. The standard InChI is InChI=1S/C16H25NO2/c1-11-8-9-15(13(10-11)12(2)17)19-16-7-5-3-4-6-14(16)18/h8-10,12,14,16,18H,3-7,17H2,1-2H3/t12-,14?,16?/m1/s1. The number of aliphatic hydroxyl groups is 1. The van der Waals surface area contributed by atoms with Crippen LogP contribution in [0.25, 0.3) is 0 Å². The fourth-order valence-electron chi connectivity index (χ4n) is 2.69. The molecule has 1 aliphatic rings. The van der Waals surface area contributed by atoms with Gasteiger partial charge in [-0.25, -0.2) is 0 Å². The topological polar surface area (TPSA) is 55.5 Å². The number of aryl methyl sites for hydroxylation is 1. The monoisotopic (exact) mass is 263 g/mol. The van der Waals surface area contributed by atoms with E-state index in [0.717, 1.165) is 37.0 Å². The Morgan fingerprint density at radius 2 is 2.00 bits per heavy atom. The van der Waals surface area contributed by atoms with Crippen LogP contribution in [0.15, 0.2) is 18.2 Å². The van der Waals surface area contributed by atoms with E-state index in [9.17, 15) is 5.11 Å². The van der Waals surface area contributed by atoms with E-state index < -0.39 is 0 Å². The normalized spacial score (nSPS) is 25.7. The average Bonchev–Trinajstić information content (AvgIpc) is 2.57. The van der Waals surface area contributed by atoms with E-state index in [0.29, 0.717) is 0 Å². The van der Waals surface area contributed by atoms with Crippen LogP contribution in [-0.4, -0.2) is 17.3 Å². The van der Waals surface area contributed by atoms with Gasteiger partial charge in [0.05, 0.1) is 6.10 Å². The van der Waals surface area contributed by atoms with Crippen LogP contribution in [0.1, 0.15) is 56.2 Å². The fraction of sp³-hybridized carbons (Fsp3) is 0.625. The Morgan fingerprint density at radius 3 is 2.74 bits per heavy atom. The molecule has 0 heterocycles. The summed E-state index contributed by atoms with van der Waals surface area (Å²) in [4.78, 5) is 0. The predicted octanol–water partition coefficient (Wildman–Crippen LogP) is 3.09. The van der Waals surface area contributed by atoms with Crippen LogP contribution < -0.4 is 10.5 Å². The molecule has 1 aliphatic carbocycles. The maximum atomic E-state index is 10.1. The minimum Gasteiger partial charge on any atom is -0.487 e. The molecule has 0 aliphatic heterocycles. The van der Waals surface area contributed by atoms with Gasteiger partial charge in [-0.1, -0.05) is 30.5 Å². The largest absolute Gasteiger partial charge is 0.487 e. The second-order valence-electron chi connectivity index (χ2n) is 5.69. The summed E-state index contributed by atoms with van der Waals surface area (Å²) in [6, 6.07) is 6.02. The van der Waals surface area contributed by atoms with Gasteiger partial charge in [-0.05, 0) is 39.2 Å². The molecule has 2 unspecified atom stereocenters. The molecule has 0 saturated heterocycles. The first-order chi connectivity index (χ1) is 9.08. The smallest absolute Gasteiger partial charge is 0.124 e. The fourth-order valence-corrected chi connectivity index (χ4v) is 2.69. The third-order valence-electron chi connectivity index (χ3n) is 3.85. The van der Waals surface area contributed by atoms with E-state index in [1.807, 2.05) is 19.1 Å². The first kappa shape index (κ1) is 14.4. The zero-order valence-corrected chi connectivity index (χ0v) is 11.9. The molecule has 0 aromatic heterocycles. The van der Waals surface area contributed by atoms with Gasteiger partial charge in [0.2, 0.25) is 0 Å². The first-order valence-electron chi connectivity index (χ1n) is 7.29. The molecule has 3 atom stereocenters. The quantitative estimate of drug-likeness (QED) is 0.824. The number of nitrogens with two attached hydrogens (primary N) is 1. The molecule has 0 spiro atoms. The highest BCUT2D eigenvalue weighted by Gasteiger charge is 2.24. The minimum atomic E-state index is -0.357. The average molecular weight is 263 g/mol. The Balaban J connectivity index is 2.17. The lowest BCUT2D eigenvalue weighted by atomic mass is 10.0. The Labute approximate surface area is 115 Å². The highest BCUT2D eigenvalue weighted by Crippen LogP contribution is 2.29. The van der Waals surface area contributed by atoms with E-state index in [2.05, 4.69) is 13.0 Å². The molecule has 3 heteroatoms. The molecule has 106 valence electrons. The molecule has 0 amide bonds. The van der Waals surface area contributed by atoms with Gasteiger partial charge in [0.1, 0.15) is 11.9 Å². The third-order valence-corrected chi connectivity index (χ3v) is 3.85. The lowest BCUT2D eigenvalue weighted by molar-refractivity contribution is 0.0313. The Morgan fingerprint density at radius 1 is 1.26 bits per heavy atom. The van der Waals surface area contributed by atoms with Gasteiger partial charge in [0.25, 0.3) is 0 Å². The number of rotatable bonds is 3. The summed E-state index contributed by atoms with van der Waals surface area (Å²) in [6.07, 6.45) is 4.71. The summed E-state index contributed by atoms with van der Waals surface area (Å²) in [5, 5.41) is 10.1. The molecule has 3 nitrogen and oxygen atoms in total. The molecule has 1 saturated carbocycles. The van der Waals surface area contributed by atoms with E-state index in [4.69, 9.17) is 10.5 Å². The van der Waals surface area contributed by atoms with Gasteiger partial charge in [-0.3, -0.25) is 0 Å². The van der Waals surface area contributed by atoms with Crippen molar-refractivity contribution in [3.8, 4) is 5.75 Å². The summed E-state index contributed by atoms with van der Waals surface area (Å²) in [6.45, 7) is 4.02. The Kier molecular flexibility index (Phi) is 4.83. The van der Waals surface area contributed by atoms with Crippen molar-refractivity contribution in [3.05, 3.63) is 29.3 Å². The lowest BCUT2D eigenvalue weighted by Gasteiger charge is -2.24. The number of hydrogen-bond donors (Lipinski definition) is 2. The summed E-state index contributed by atoms with van der Waals surface area (Å²) in [5.74, 6) is 0.826. The second-order valence-corrected chi connectivity index (χ2v) is 5.69. The van der Waals surface area contributed by atoms with Gasteiger partial charge < -0.3 is 15.6 Å². The molecule has 2 rings (SSSR count). The van der Waals surface area contributed by atoms with Crippen molar-refractivity contribution in [2.45, 2.75) is 64.2 Å². The second kappa shape index (κ2) is 6.40. The maximum absolute atomic E-state index is 10.1. The van der Waals surface area contributed by atoms with Crippen LogP contribution in [0.2, 0.25) is 0 Å². The maximum Gasteiger partial charge on any atom is 0.124 e. The van der Waals surface area contributed by atoms with Crippen LogP contribution in [0.4, 0.5) is 0 Å².